The molecule has 3 rings (SSSR count). The fourth-order valence-corrected chi connectivity index (χ4v) is 2.71. The fraction of sp³-hybridized carbons (Fsp3) is 0.150. The monoisotopic (exact) mass is 387 g/mol. The molecule has 2 amide bonds. The summed E-state index contributed by atoms with van der Waals surface area (Å²) in [5.41, 5.74) is 5.79. The first kappa shape index (κ1) is 19.3. The topological polar surface area (TPSA) is 85.1 Å². The minimum atomic E-state index is -4.49. The molecule has 1 atom stereocenters. The first-order valence-electron chi connectivity index (χ1n) is 8.36. The number of carbonyl (C=O) groups is 2. The number of hydrogen-bond acceptors (Lipinski definition) is 3. The number of hydrogen-bond donors (Lipinski definition) is 2. The quantitative estimate of drug-likeness (QED) is 0.706. The highest BCUT2D eigenvalue weighted by Gasteiger charge is 2.30. The summed E-state index contributed by atoms with van der Waals surface area (Å²) in [6, 6.07) is 13.6. The number of alkyl halides is 3. The Balaban J connectivity index is 1.75. The van der Waals surface area contributed by atoms with Crippen molar-refractivity contribution in [1.82, 2.24) is 10.3 Å². The van der Waals surface area contributed by atoms with E-state index in [2.05, 4.69) is 10.3 Å². The Morgan fingerprint density at radius 2 is 1.68 bits per heavy atom. The molecule has 0 aliphatic rings. The molecule has 0 saturated carbocycles. The lowest BCUT2D eigenvalue weighted by atomic mass is 10.1. The van der Waals surface area contributed by atoms with E-state index in [9.17, 15) is 22.8 Å². The SMILES string of the molecule is NC(=O)[C@H](Cc1ccc2ccccc2n1)NC(=O)c1ccc(C(F)(F)F)cc1. The Kier molecular flexibility index (Phi) is 5.30. The highest BCUT2D eigenvalue weighted by atomic mass is 19.4. The van der Waals surface area contributed by atoms with Crippen molar-refractivity contribution in [2.24, 2.45) is 5.73 Å². The van der Waals surface area contributed by atoms with E-state index in [1.807, 2.05) is 30.3 Å². The van der Waals surface area contributed by atoms with Gasteiger partial charge in [-0.2, -0.15) is 13.2 Å². The van der Waals surface area contributed by atoms with Gasteiger partial charge in [0.1, 0.15) is 6.04 Å². The number of amides is 2. The van der Waals surface area contributed by atoms with Crippen molar-refractivity contribution >= 4 is 22.7 Å². The number of carbonyl (C=O) groups excluding carboxylic acids is 2. The van der Waals surface area contributed by atoms with Gasteiger partial charge in [-0.05, 0) is 36.4 Å². The molecule has 1 aromatic heterocycles. The van der Waals surface area contributed by atoms with Crippen LogP contribution in [-0.2, 0) is 17.4 Å². The predicted octanol–water partition coefficient (Wildman–Crippen LogP) is 3.08. The molecule has 28 heavy (non-hydrogen) atoms. The Bertz CT molecular complexity index is 1020. The van der Waals surface area contributed by atoms with Crippen molar-refractivity contribution in [1.29, 1.82) is 0 Å². The van der Waals surface area contributed by atoms with Crippen LogP contribution in [0.5, 0.6) is 0 Å². The number of nitrogens with zero attached hydrogens (tertiary/aromatic N) is 1. The maximum absolute atomic E-state index is 12.6. The lowest BCUT2D eigenvalue weighted by molar-refractivity contribution is -0.137. The van der Waals surface area contributed by atoms with E-state index >= 15 is 0 Å². The first-order valence-corrected chi connectivity index (χ1v) is 8.36. The van der Waals surface area contributed by atoms with Crippen LogP contribution in [0.2, 0.25) is 0 Å². The van der Waals surface area contributed by atoms with Gasteiger partial charge in [0.25, 0.3) is 5.91 Å². The molecule has 0 radical (unpaired) electrons. The molecule has 144 valence electrons. The van der Waals surface area contributed by atoms with Crippen LogP contribution in [0, 0.1) is 0 Å². The van der Waals surface area contributed by atoms with Gasteiger partial charge in [-0.15, -0.1) is 0 Å². The van der Waals surface area contributed by atoms with Crippen molar-refractivity contribution in [3.63, 3.8) is 0 Å². The van der Waals surface area contributed by atoms with E-state index in [0.717, 1.165) is 35.2 Å². The minimum Gasteiger partial charge on any atom is -0.368 e. The highest BCUT2D eigenvalue weighted by Crippen LogP contribution is 2.29. The summed E-state index contributed by atoms with van der Waals surface area (Å²) in [4.78, 5) is 28.5. The molecule has 5 nitrogen and oxygen atoms in total. The van der Waals surface area contributed by atoms with Gasteiger partial charge in [0.05, 0.1) is 11.1 Å². The van der Waals surface area contributed by atoms with Crippen LogP contribution >= 0.6 is 0 Å². The zero-order valence-corrected chi connectivity index (χ0v) is 14.5. The fourth-order valence-electron chi connectivity index (χ4n) is 2.71. The van der Waals surface area contributed by atoms with Crippen molar-refractivity contribution < 1.29 is 22.8 Å². The largest absolute Gasteiger partial charge is 0.416 e. The first-order chi connectivity index (χ1) is 13.2. The van der Waals surface area contributed by atoms with Crippen LogP contribution in [0.15, 0.2) is 60.7 Å². The Hall–Kier alpha value is -3.42. The normalized spacial score (nSPS) is 12.5. The van der Waals surface area contributed by atoms with Crippen molar-refractivity contribution in [2.45, 2.75) is 18.6 Å². The summed E-state index contributed by atoms with van der Waals surface area (Å²) in [5.74, 6) is -1.46. The summed E-state index contributed by atoms with van der Waals surface area (Å²) < 4.78 is 37.9. The van der Waals surface area contributed by atoms with E-state index in [-0.39, 0.29) is 12.0 Å². The standard InChI is InChI=1S/C20H16F3N3O2/c21-20(22,23)14-8-5-13(6-9-14)19(28)26-17(18(24)27)11-15-10-7-12-3-1-2-4-16(12)25-15/h1-10,17H,11H2,(H2,24,27)(H,26,28)/t17-/m0/s1. The van der Waals surface area contributed by atoms with Crippen LogP contribution < -0.4 is 11.1 Å². The van der Waals surface area contributed by atoms with Gasteiger partial charge in [-0.3, -0.25) is 14.6 Å². The molecule has 0 unspecified atom stereocenters. The third kappa shape index (κ3) is 4.46. The number of primary amides is 1. The number of nitrogens with two attached hydrogens (primary N) is 1. The molecule has 0 fully saturated rings. The Morgan fingerprint density at radius 3 is 2.32 bits per heavy atom. The average molecular weight is 387 g/mol. The number of rotatable bonds is 5. The zero-order valence-electron chi connectivity index (χ0n) is 14.5. The number of fused-ring (bicyclic) bond motifs is 1. The second kappa shape index (κ2) is 7.67. The molecule has 3 aromatic rings. The number of halogens is 3. The third-order valence-corrected chi connectivity index (χ3v) is 4.19. The second-order valence-electron chi connectivity index (χ2n) is 6.20. The summed E-state index contributed by atoms with van der Waals surface area (Å²) in [5, 5.41) is 3.38. The van der Waals surface area contributed by atoms with Gasteiger partial charge in [-0.1, -0.05) is 24.3 Å². The molecule has 0 aliphatic heterocycles. The van der Waals surface area contributed by atoms with E-state index < -0.39 is 29.6 Å². The van der Waals surface area contributed by atoms with Crippen LogP contribution in [0.1, 0.15) is 21.6 Å². The van der Waals surface area contributed by atoms with Gasteiger partial charge in [-0.25, -0.2) is 0 Å². The summed E-state index contributed by atoms with van der Waals surface area (Å²) in [6.07, 6.45) is -4.43. The van der Waals surface area contributed by atoms with E-state index in [4.69, 9.17) is 5.73 Å². The van der Waals surface area contributed by atoms with Gasteiger partial charge < -0.3 is 11.1 Å². The molecule has 2 aromatic carbocycles. The van der Waals surface area contributed by atoms with E-state index in [1.54, 1.807) is 6.07 Å². The zero-order chi connectivity index (χ0) is 20.3. The summed E-state index contributed by atoms with van der Waals surface area (Å²) in [6.45, 7) is 0. The summed E-state index contributed by atoms with van der Waals surface area (Å²) in [7, 11) is 0. The molecule has 0 spiro atoms. The van der Waals surface area contributed by atoms with Crippen LogP contribution in [0.3, 0.4) is 0 Å². The maximum Gasteiger partial charge on any atom is 0.416 e. The van der Waals surface area contributed by atoms with Gasteiger partial charge >= 0.3 is 6.18 Å². The van der Waals surface area contributed by atoms with Crippen molar-refractivity contribution in [3.05, 3.63) is 77.5 Å². The second-order valence-corrected chi connectivity index (χ2v) is 6.20. The van der Waals surface area contributed by atoms with Gasteiger partial charge in [0.15, 0.2) is 0 Å². The van der Waals surface area contributed by atoms with Gasteiger partial charge in [0.2, 0.25) is 5.91 Å². The number of benzene rings is 2. The molecular weight excluding hydrogens is 371 g/mol. The third-order valence-electron chi connectivity index (χ3n) is 4.19. The smallest absolute Gasteiger partial charge is 0.368 e. The van der Waals surface area contributed by atoms with Gasteiger partial charge in [0, 0.05) is 23.1 Å². The van der Waals surface area contributed by atoms with E-state index in [1.165, 1.54) is 0 Å². The highest BCUT2D eigenvalue weighted by molar-refractivity contribution is 5.97. The predicted molar refractivity (Wildman–Crippen MR) is 97.3 cm³/mol. The number of nitrogens with one attached hydrogen (secondary N) is 1. The minimum absolute atomic E-state index is 0.00859. The van der Waals surface area contributed by atoms with Crippen LogP contribution in [0.25, 0.3) is 10.9 Å². The number of para-hydroxylation sites is 1. The molecule has 0 saturated heterocycles. The van der Waals surface area contributed by atoms with Crippen LogP contribution in [0.4, 0.5) is 13.2 Å². The Labute approximate surface area is 158 Å². The molecule has 0 aliphatic carbocycles. The van der Waals surface area contributed by atoms with E-state index in [0.29, 0.717) is 5.69 Å². The Morgan fingerprint density at radius 1 is 1.00 bits per heavy atom. The molecular formula is C20H16F3N3O2. The lowest BCUT2D eigenvalue weighted by Gasteiger charge is -2.16. The van der Waals surface area contributed by atoms with Crippen molar-refractivity contribution in [3.8, 4) is 0 Å². The molecule has 8 heteroatoms. The molecule has 3 N–H and O–H groups in total. The maximum atomic E-state index is 12.6. The average Bonchev–Trinajstić information content (AvgIpc) is 2.66. The number of aromatic nitrogens is 1. The summed E-state index contributed by atoms with van der Waals surface area (Å²) >= 11 is 0. The molecule has 0 bridgehead atoms. The number of pyridine rings is 1. The van der Waals surface area contributed by atoms with Crippen LogP contribution in [-0.4, -0.2) is 22.8 Å². The van der Waals surface area contributed by atoms with Crippen molar-refractivity contribution in [2.75, 3.05) is 0 Å². The lowest BCUT2D eigenvalue weighted by Crippen LogP contribution is -2.46. The molecule has 1 heterocycles.